The van der Waals surface area contributed by atoms with Gasteiger partial charge in [0.25, 0.3) is 5.91 Å². The summed E-state index contributed by atoms with van der Waals surface area (Å²) < 4.78 is 5.61. The van der Waals surface area contributed by atoms with Gasteiger partial charge in [-0.15, -0.1) is 0 Å². The highest BCUT2D eigenvalue weighted by Crippen LogP contribution is 2.28. The van der Waals surface area contributed by atoms with Gasteiger partial charge in [0.05, 0.1) is 22.4 Å². The summed E-state index contributed by atoms with van der Waals surface area (Å²) in [5, 5.41) is 15.8. The highest BCUT2D eigenvalue weighted by Gasteiger charge is 2.16. The quantitative estimate of drug-likeness (QED) is 0.192. The van der Waals surface area contributed by atoms with Crippen LogP contribution in [0.3, 0.4) is 0 Å². The number of hydrazone groups is 1. The first-order chi connectivity index (χ1) is 15.5. The van der Waals surface area contributed by atoms with E-state index in [1.807, 2.05) is 30.3 Å². The minimum absolute atomic E-state index is 0.0907. The fourth-order valence-electron chi connectivity index (χ4n) is 3.16. The van der Waals surface area contributed by atoms with Crippen LogP contribution in [-0.2, 0) is 0 Å². The van der Waals surface area contributed by atoms with Gasteiger partial charge in [-0.05, 0) is 41.1 Å². The van der Waals surface area contributed by atoms with Crippen LogP contribution in [0.4, 0.5) is 0 Å². The van der Waals surface area contributed by atoms with Crippen molar-refractivity contribution in [1.29, 1.82) is 0 Å². The standard InChI is InChI=1S/C25H17ClN2O4/c26-21-11-5-3-9-18(21)25(31)32-23-14-13-16-7-1-2-8-17(16)20(23)15-27-28-24(30)19-10-4-6-12-22(19)29/h1-15,29H,(H,28,30)/b27-15-. The Hall–Kier alpha value is -4.16. The average molecular weight is 445 g/mol. The number of phenolic OH excluding ortho intramolecular Hbond substituents is 1. The van der Waals surface area contributed by atoms with Crippen LogP contribution >= 0.6 is 11.6 Å². The maximum atomic E-state index is 12.7. The smallest absolute Gasteiger partial charge is 0.345 e. The third-order valence-electron chi connectivity index (χ3n) is 4.74. The van der Waals surface area contributed by atoms with E-state index in [1.54, 1.807) is 42.5 Å². The normalized spacial score (nSPS) is 10.9. The lowest BCUT2D eigenvalue weighted by Crippen LogP contribution is -2.18. The molecule has 158 valence electrons. The third-order valence-corrected chi connectivity index (χ3v) is 5.07. The van der Waals surface area contributed by atoms with E-state index >= 15 is 0 Å². The van der Waals surface area contributed by atoms with E-state index in [1.165, 1.54) is 18.3 Å². The molecule has 0 unspecified atom stereocenters. The number of carbonyl (C=O) groups excluding carboxylic acids is 2. The largest absolute Gasteiger partial charge is 0.507 e. The molecule has 0 aliphatic heterocycles. The Labute approximate surface area is 188 Å². The van der Waals surface area contributed by atoms with Gasteiger partial charge in [0.2, 0.25) is 0 Å². The fourth-order valence-corrected chi connectivity index (χ4v) is 3.37. The molecule has 2 N–H and O–H groups in total. The number of hydrogen-bond acceptors (Lipinski definition) is 5. The molecule has 4 rings (SSSR count). The molecule has 32 heavy (non-hydrogen) atoms. The van der Waals surface area contributed by atoms with Crippen LogP contribution in [0.2, 0.25) is 5.02 Å². The number of amides is 1. The summed E-state index contributed by atoms with van der Waals surface area (Å²) >= 11 is 6.11. The molecule has 0 bridgehead atoms. The molecule has 0 radical (unpaired) electrons. The number of nitrogens with one attached hydrogen (secondary N) is 1. The summed E-state index contributed by atoms with van der Waals surface area (Å²) in [4.78, 5) is 25.0. The molecule has 4 aromatic carbocycles. The van der Waals surface area contributed by atoms with Crippen molar-refractivity contribution in [3.8, 4) is 11.5 Å². The lowest BCUT2D eigenvalue weighted by Gasteiger charge is -2.11. The van der Waals surface area contributed by atoms with Crippen LogP contribution in [0.15, 0.2) is 90.0 Å². The third kappa shape index (κ3) is 4.45. The molecule has 0 heterocycles. The first-order valence-electron chi connectivity index (χ1n) is 9.64. The number of hydrogen-bond donors (Lipinski definition) is 2. The highest BCUT2D eigenvalue weighted by atomic mass is 35.5. The van der Waals surface area contributed by atoms with E-state index in [-0.39, 0.29) is 27.6 Å². The van der Waals surface area contributed by atoms with Crippen LogP contribution in [0, 0.1) is 0 Å². The van der Waals surface area contributed by atoms with Crippen molar-refractivity contribution in [2.24, 2.45) is 5.10 Å². The van der Waals surface area contributed by atoms with Crippen molar-refractivity contribution in [1.82, 2.24) is 5.43 Å². The number of para-hydroxylation sites is 1. The van der Waals surface area contributed by atoms with Crippen molar-refractivity contribution in [2.45, 2.75) is 0 Å². The van der Waals surface area contributed by atoms with Crippen LogP contribution in [-0.4, -0.2) is 23.2 Å². The number of rotatable bonds is 5. The number of benzene rings is 4. The van der Waals surface area contributed by atoms with E-state index in [2.05, 4.69) is 10.5 Å². The number of aromatic hydroxyl groups is 1. The lowest BCUT2D eigenvalue weighted by molar-refractivity contribution is 0.0734. The van der Waals surface area contributed by atoms with Gasteiger partial charge in [0.15, 0.2) is 0 Å². The van der Waals surface area contributed by atoms with E-state index in [0.29, 0.717) is 5.56 Å². The molecule has 0 saturated carbocycles. The molecule has 4 aromatic rings. The summed E-state index contributed by atoms with van der Waals surface area (Å²) in [6, 6.07) is 23.7. The predicted octanol–water partition coefficient (Wildman–Crippen LogP) is 5.18. The molecule has 0 aromatic heterocycles. The second kappa shape index (κ2) is 9.32. The average Bonchev–Trinajstić information content (AvgIpc) is 2.80. The number of ether oxygens (including phenoxy) is 1. The van der Waals surface area contributed by atoms with Crippen molar-refractivity contribution in [3.05, 3.63) is 107 Å². The van der Waals surface area contributed by atoms with Crippen molar-refractivity contribution >= 4 is 40.5 Å². The number of fused-ring (bicyclic) bond motifs is 1. The molecule has 0 aliphatic carbocycles. The summed E-state index contributed by atoms with van der Waals surface area (Å²) in [5.74, 6) is -1.08. The lowest BCUT2D eigenvalue weighted by atomic mass is 10.0. The minimum atomic E-state index is -0.612. The molecule has 0 atom stereocenters. The number of nitrogens with zero attached hydrogens (tertiary/aromatic N) is 1. The van der Waals surface area contributed by atoms with Crippen molar-refractivity contribution in [2.75, 3.05) is 0 Å². The molecule has 1 amide bonds. The van der Waals surface area contributed by atoms with E-state index in [0.717, 1.165) is 10.8 Å². The topological polar surface area (TPSA) is 88.0 Å². The molecular formula is C25H17ClN2O4. The van der Waals surface area contributed by atoms with Gasteiger partial charge in [-0.25, -0.2) is 10.2 Å². The zero-order valence-corrected chi connectivity index (χ0v) is 17.4. The molecule has 7 heteroatoms. The number of phenols is 1. The number of esters is 1. The minimum Gasteiger partial charge on any atom is -0.507 e. The van der Waals surface area contributed by atoms with Crippen molar-refractivity contribution in [3.63, 3.8) is 0 Å². The number of carbonyl (C=O) groups is 2. The number of halogens is 1. The molecule has 0 aliphatic rings. The highest BCUT2D eigenvalue weighted by molar-refractivity contribution is 6.33. The Morgan fingerprint density at radius 1 is 0.875 bits per heavy atom. The molecule has 0 spiro atoms. The summed E-state index contributed by atoms with van der Waals surface area (Å²) in [7, 11) is 0. The monoisotopic (exact) mass is 444 g/mol. The summed E-state index contributed by atoms with van der Waals surface area (Å²) in [6.07, 6.45) is 1.40. The van der Waals surface area contributed by atoms with Crippen LogP contribution in [0.1, 0.15) is 26.3 Å². The van der Waals surface area contributed by atoms with E-state index in [9.17, 15) is 14.7 Å². The second-order valence-corrected chi connectivity index (χ2v) is 7.19. The zero-order chi connectivity index (χ0) is 22.5. The summed E-state index contributed by atoms with van der Waals surface area (Å²) in [6.45, 7) is 0. The maximum absolute atomic E-state index is 12.7. The van der Waals surface area contributed by atoms with Crippen LogP contribution < -0.4 is 10.2 Å². The van der Waals surface area contributed by atoms with Crippen molar-refractivity contribution < 1.29 is 19.4 Å². The Bertz CT molecular complexity index is 1350. The Balaban J connectivity index is 1.65. The van der Waals surface area contributed by atoms with Gasteiger partial charge < -0.3 is 9.84 Å². The first kappa shape index (κ1) is 21.1. The van der Waals surface area contributed by atoms with Gasteiger partial charge in [0.1, 0.15) is 11.5 Å². The van der Waals surface area contributed by atoms with E-state index < -0.39 is 11.9 Å². The molecule has 6 nitrogen and oxygen atoms in total. The van der Waals surface area contributed by atoms with Crippen LogP contribution in [0.25, 0.3) is 10.8 Å². The van der Waals surface area contributed by atoms with Gasteiger partial charge in [-0.1, -0.05) is 66.2 Å². The predicted molar refractivity (Wildman–Crippen MR) is 124 cm³/mol. The van der Waals surface area contributed by atoms with Gasteiger partial charge >= 0.3 is 5.97 Å². The molecule has 0 fully saturated rings. The van der Waals surface area contributed by atoms with Gasteiger partial charge in [0, 0.05) is 5.56 Å². The maximum Gasteiger partial charge on any atom is 0.345 e. The Morgan fingerprint density at radius 3 is 2.34 bits per heavy atom. The SMILES string of the molecule is O=C(N/N=C\c1c(OC(=O)c2ccccc2Cl)ccc2ccccc12)c1ccccc1O. The Kier molecular flexibility index (Phi) is 6.14. The van der Waals surface area contributed by atoms with Gasteiger partial charge in [-0.2, -0.15) is 5.10 Å². The van der Waals surface area contributed by atoms with Gasteiger partial charge in [-0.3, -0.25) is 4.79 Å². The molecule has 0 saturated heterocycles. The zero-order valence-electron chi connectivity index (χ0n) is 16.7. The second-order valence-electron chi connectivity index (χ2n) is 6.78. The van der Waals surface area contributed by atoms with E-state index in [4.69, 9.17) is 16.3 Å². The molecular weight excluding hydrogens is 428 g/mol. The first-order valence-corrected chi connectivity index (χ1v) is 10.0. The van der Waals surface area contributed by atoms with Crippen LogP contribution in [0.5, 0.6) is 11.5 Å². The fraction of sp³-hybridized carbons (Fsp3) is 0. The Morgan fingerprint density at radius 2 is 1.56 bits per heavy atom. The summed E-state index contributed by atoms with van der Waals surface area (Å²) in [5.41, 5.74) is 3.21.